The molecule has 0 saturated heterocycles. The van der Waals surface area contributed by atoms with Gasteiger partial charge in [0.1, 0.15) is 0 Å². The van der Waals surface area contributed by atoms with Gasteiger partial charge in [-0.15, -0.1) is 0 Å². The molecule has 0 bridgehead atoms. The summed E-state index contributed by atoms with van der Waals surface area (Å²) in [6.07, 6.45) is 1.34. The van der Waals surface area contributed by atoms with Crippen molar-refractivity contribution in [1.82, 2.24) is 5.32 Å². The lowest BCUT2D eigenvalue weighted by atomic mass is 10.1. The molecule has 0 aliphatic heterocycles. The number of nitrogens with one attached hydrogen (secondary N) is 1. The summed E-state index contributed by atoms with van der Waals surface area (Å²) in [6, 6.07) is 5.12. The van der Waals surface area contributed by atoms with Crippen LogP contribution in [0.5, 0.6) is 0 Å². The quantitative estimate of drug-likeness (QED) is 0.820. The third kappa shape index (κ3) is 4.19. The van der Waals surface area contributed by atoms with E-state index in [0.717, 1.165) is 12.0 Å². The first kappa shape index (κ1) is 13.7. The van der Waals surface area contributed by atoms with Crippen LogP contribution in [0.1, 0.15) is 42.6 Å². The van der Waals surface area contributed by atoms with Crippen LogP contribution in [0.15, 0.2) is 18.2 Å². The third-order valence-corrected chi connectivity index (χ3v) is 2.76. The predicted octanol–water partition coefficient (Wildman–Crippen LogP) is 2.96. The number of hydrogen-bond donors (Lipinski definition) is 1. The number of Topliss-reactive ketones (excluding diaryl/α,β-unsaturated/α-hetero) is 1. The molecule has 0 unspecified atom stereocenters. The van der Waals surface area contributed by atoms with E-state index >= 15 is 0 Å². The molecule has 1 aromatic rings. The van der Waals surface area contributed by atoms with Gasteiger partial charge in [0, 0.05) is 23.6 Å². The second-order valence-corrected chi connectivity index (χ2v) is 4.30. The summed E-state index contributed by atoms with van der Waals surface area (Å²) < 4.78 is 0. The Labute approximate surface area is 106 Å². The molecule has 0 spiro atoms. The van der Waals surface area contributed by atoms with Crippen LogP contribution in [-0.2, 0) is 11.3 Å². The van der Waals surface area contributed by atoms with E-state index in [0.29, 0.717) is 23.6 Å². The van der Waals surface area contributed by atoms with Gasteiger partial charge in [0.2, 0.25) is 5.91 Å². The van der Waals surface area contributed by atoms with E-state index in [9.17, 15) is 9.59 Å². The SMILES string of the molecule is CCCC(=O)NCc1ccc(C(C)=O)cc1Cl. The number of ketones is 1. The van der Waals surface area contributed by atoms with Crippen molar-refractivity contribution < 1.29 is 9.59 Å². The minimum Gasteiger partial charge on any atom is -0.352 e. The van der Waals surface area contributed by atoms with Crippen molar-refractivity contribution in [1.29, 1.82) is 0 Å². The lowest BCUT2D eigenvalue weighted by molar-refractivity contribution is -0.121. The smallest absolute Gasteiger partial charge is 0.220 e. The van der Waals surface area contributed by atoms with Crippen LogP contribution in [0.25, 0.3) is 0 Å². The fourth-order valence-corrected chi connectivity index (χ4v) is 1.67. The number of carbonyl (C=O) groups excluding carboxylic acids is 2. The summed E-state index contributed by atoms with van der Waals surface area (Å²) in [4.78, 5) is 22.4. The molecular formula is C13H16ClNO2. The second-order valence-electron chi connectivity index (χ2n) is 3.89. The molecule has 17 heavy (non-hydrogen) atoms. The van der Waals surface area contributed by atoms with Crippen LogP contribution in [0.2, 0.25) is 5.02 Å². The molecule has 0 radical (unpaired) electrons. The Morgan fingerprint density at radius 1 is 1.35 bits per heavy atom. The lowest BCUT2D eigenvalue weighted by Crippen LogP contribution is -2.22. The highest BCUT2D eigenvalue weighted by Gasteiger charge is 2.06. The molecule has 1 rings (SSSR count). The maximum Gasteiger partial charge on any atom is 0.220 e. The van der Waals surface area contributed by atoms with Gasteiger partial charge >= 0.3 is 0 Å². The molecule has 1 amide bonds. The van der Waals surface area contributed by atoms with Gasteiger partial charge in [-0.3, -0.25) is 9.59 Å². The highest BCUT2D eigenvalue weighted by atomic mass is 35.5. The van der Waals surface area contributed by atoms with Crippen molar-refractivity contribution >= 4 is 23.3 Å². The minimum absolute atomic E-state index is 0.0132. The number of hydrogen-bond acceptors (Lipinski definition) is 2. The summed E-state index contributed by atoms with van der Waals surface area (Å²) >= 11 is 6.03. The number of carbonyl (C=O) groups is 2. The highest BCUT2D eigenvalue weighted by molar-refractivity contribution is 6.31. The Hall–Kier alpha value is -1.35. The van der Waals surface area contributed by atoms with E-state index in [2.05, 4.69) is 5.32 Å². The number of rotatable bonds is 5. The molecule has 1 aromatic carbocycles. The third-order valence-electron chi connectivity index (χ3n) is 2.41. The van der Waals surface area contributed by atoms with Crippen molar-refractivity contribution in [3.05, 3.63) is 34.3 Å². The van der Waals surface area contributed by atoms with Crippen LogP contribution in [-0.4, -0.2) is 11.7 Å². The summed E-state index contributed by atoms with van der Waals surface area (Å²) in [7, 11) is 0. The van der Waals surface area contributed by atoms with Gasteiger partial charge in [-0.25, -0.2) is 0 Å². The summed E-state index contributed by atoms with van der Waals surface area (Å²) in [5, 5.41) is 3.29. The van der Waals surface area contributed by atoms with Crippen LogP contribution >= 0.6 is 11.6 Å². The van der Waals surface area contributed by atoms with Gasteiger partial charge in [-0.2, -0.15) is 0 Å². The first-order chi connectivity index (χ1) is 8.04. The Balaban J connectivity index is 2.66. The van der Waals surface area contributed by atoms with Crippen molar-refractivity contribution in [2.75, 3.05) is 0 Å². The summed E-state index contributed by atoms with van der Waals surface area (Å²) in [6.45, 7) is 3.85. The summed E-state index contributed by atoms with van der Waals surface area (Å²) in [5.74, 6) is -0.00678. The molecule has 3 nitrogen and oxygen atoms in total. The molecule has 0 fully saturated rings. The minimum atomic E-state index is -0.0199. The molecule has 0 aliphatic carbocycles. The lowest BCUT2D eigenvalue weighted by Gasteiger charge is -2.07. The average Bonchev–Trinajstić information content (AvgIpc) is 2.27. The van der Waals surface area contributed by atoms with Gasteiger partial charge < -0.3 is 5.32 Å². The zero-order valence-electron chi connectivity index (χ0n) is 10.0. The van der Waals surface area contributed by atoms with Crippen LogP contribution in [0, 0.1) is 0 Å². The highest BCUT2D eigenvalue weighted by Crippen LogP contribution is 2.18. The second kappa shape index (κ2) is 6.40. The standard InChI is InChI=1S/C13H16ClNO2/c1-3-4-13(17)15-8-11-6-5-10(9(2)16)7-12(11)14/h5-7H,3-4,8H2,1-2H3,(H,15,17). The van der Waals surface area contributed by atoms with E-state index in [1.807, 2.05) is 6.92 Å². The first-order valence-electron chi connectivity index (χ1n) is 5.60. The van der Waals surface area contributed by atoms with Gasteiger partial charge in [0.25, 0.3) is 0 Å². The molecule has 0 saturated carbocycles. The van der Waals surface area contributed by atoms with Gasteiger partial charge in [-0.05, 0) is 25.0 Å². The molecule has 92 valence electrons. The van der Waals surface area contributed by atoms with Crippen molar-refractivity contribution in [3.8, 4) is 0 Å². The fourth-order valence-electron chi connectivity index (χ4n) is 1.42. The topological polar surface area (TPSA) is 46.2 Å². The van der Waals surface area contributed by atoms with Crippen LogP contribution in [0.4, 0.5) is 0 Å². The zero-order valence-corrected chi connectivity index (χ0v) is 10.8. The van der Waals surface area contributed by atoms with Gasteiger partial charge in [0.05, 0.1) is 0 Å². The maximum atomic E-state index is 11.3. The van der Waals surface area contributed by atoms with E-state index in [-0.39, 0.29) is 11.7 Å². The monoisotopic (exact) mass is 253 g/mol. The first-order valence-corrected chi connectivity index (χ1v) is 5.98. The Kier molecular flexibility index (Phi) is 5.16. The van der Waals surface area contributed by atoms with Crippen molar-refractivity contribution in [3.63, 3.8) is 0 Å². The zero-order chi connectivity index (χ0) is 12.8. The van der Waals surface area contributed by atoms with E-state index in [1.54, 1.807) is 18.2 Å². The fraction of sp³-hybridized carbons (Fsp3) is 0.385. The van der Waals surface area contributed by atoms with E-state index < -0.39 is 0 Å². The molecule has 0 aromatic heterocycles. The van der Waals surface area contributed by atoms with Gasteiger partial charge in [-0.1, -0.05) is 30.7 Å². The Bertz CT molecular complexity index is 429. The largest absolute Gasteiger partial charge is 0.352 e. The van der Waals surface area contributed by atoms with Crippen LogP contribution < -0.4 is 5.32 Å². The molecular weight excluding hydrogens is 238 g/mol. The number of benzene rings is 1. The Morgan fingerprint density at radius 3 is 2.59 bits per heavy atom. The average molecular weight is 254 g/mol. The van der Waals surface area contributed by atoms with Gasteiger partial charge in [0.15, 0.2) is 5.78 Å². The Morgan fingerprint density at radius 2 is 2.06 bits per heavy atom. The molecule has 1 N–H and O–H groups in total. The van der Waals surface area contributed by atoms with Crippen molar-refractivity contribution in [2.45, 2.75) is 33.2 Å². The van der Waals surface area contributed by atoms with E-state index in [1.165, 1.54) is 6.92 Å². The molecule has 4 heteroatoms. The maximum absolute atomic E-state index is 11.3. The van der Waals surface area contributed by atoms with E-state index in [4.69, 9.17) is 11.6 Å². The molecule has 0 heterocycles. The number of halogens is 1. The normalized spacial score (nSPS) is 10.1. The number of amides is 1. The molecule has 0 atom stereocenters. The molecule has 0 aliphatic rings. The summed E-state index contributed by atoms with van der Waals surface area (Å²) in [5.41, 5.74) is 1.40. The van der Waals surface area contributed by atoms with Crippen molar-refractivity contribution in [2.24, 2.45) is 0 Å². The van der Waals surface area contributed by atoms with Crippen LogP contribution in [0.3, 0.4) is 0 Å². The predicted molar refractivity (Wildman–Crippen MR) is 68.2 cm³/mol.